The SMILES string of the molecule is CCN(Cc1ccccn1)C(=O)NCCCCC(=O)O. The molecule has 0 fully saturated rings. The molecule has 1 rings (SSSR count). The number of urea groups is 1. The van der Waals surface area contributed by atoms with Crippen LogP contribution < -0.4 is 5.32 Å². The van der Waals surface area contributed by atoms with Gasteiger partial charge in [0, 0.05) is 25.7 Å². The Hall–Kier alpha value is -2.11. The number of nitrogens with zero attached hydrogens (tertiary/aromatic N) is 2. The van der Waals surface area contributed by atoms with Crippen molar-refractivity contribution < 1.29 is 14.7 Å². The van der Waals surface area contributed by atoms with E-state index in [9.17, 15) is 9.59 Å². The Balaban J connectivity index is 2.30. The molecule has 0 aliphatic rings. The van der Waals surface area contributed by atoms with Crippen molar-refractivity contribution in [1.82, 2.24) is 15.2 Å². The van der Waals surface area contributed by atoms with Crippen LogP contribution >= 0.6 is 0 Å². The van der Waals surface area contributed by atoms with Gasteiger partial charge in [-0.15, -0.1) is 0 Å². The highest BCUT2D eigenvalue weighted by atomic mass is 16.4. The number of hydrogen-bond donors (Lipinski definition) is 2. The summed E-state index contributed by atoms with van der Waals surface area (Å²) in [4.78, 5) is 28.2. The molecule has 0 unspecified atom stereocenters. The van der Waals surface area contributed by atoms with Crippen molar-refractivity contribution in [3.8, 4) is 0 Å². The number of pyridine rings is 1. The van der Waals surface area contributed by atoms with Crippen molar-refractivity contribution in [3.05, 3.63) is 30.1 Å². The monoisotopic (exact) mass is 279 g/mol. The molecule has 20 heavy (non-hydrogen) atoms. The number of aliphatic carboxylic acids is 1. The Labute approximate surface area is 118 Å². The van der Waals surface area contributed by atoms with Gasteiger partial charge in [-0.05, 0) is 31.9 Å². The van der Waals surface area contributed by atoms with E-state index in [-0.39, 0.29) is 12.5 Å². The van der Waals surface area contributed by atoms with E-state index in [1.54, 1.807) is 11.1 Å². The van der Waals surface area contributed by atoms with Crippen LogP contribution in [0, 0.1) is 0 Å². The maximum atomic E-state index is 11.9. The lowest BCUT2D eigenvalue weighted by atomic mass is 10.2. The molecule has 6 heteroatoms. The van der Waals surface area contributed by atoms with Crippen LogP contribution in [0.5, 0.6) is 0 Å². The smallest absolute Gasteiger partial charge is 0.317 e. The number of rotatable bonds is 8. The topological polar surface area (TPSA) is 82.5 Å². The van der Waals surface area contributed by atoms with Gasteiger partial charge in [-0.1, -0.05) is 6.07 Å². The number of aromatic nitrogens is 1. The zero-order valence-electron chi connectivity index (χ0n) is 11.7. The van der Waals surface area contributed by atoms with Gasteiger partial charge in [0.2, 0.25) is 0 Å². The van der Waals surface area contributed by atoms with Crippen molar-refractivity contribution in [2.24, 2.45) is 0 Å². The third-order valence-corrected chi connectivity index (χ3v) is 2.84. The van der Waals surface area contributed by atoms with Gasteiger partial charge in [-0.25, -0.2) is 4.79 Å². The summed E-state index contributed by atoms with van der Waals surface area (Å²) in [5.74, 6) is -0.804. The van der Waals surface area contributed by atoms with Gasteiger partial charge in [0.05, 0.1) is 12.2 Å². The summed E-state index contributed by atoms with van der Waals surface area (Å²) < 4.78 is 0. The highest BCUT2D eigenvalue weighted by molar-refractivity contribution is 5.74. The third kappa shape index (κ3) is 6.17. The summed E-state index contributed by atoms with van der Waals surface area (Å²) in [6.45, 7) is 3.47. The molecule has 0 aliphatic heterocycles. The summed E-state index contributed by atoms with van der Waals surface area (Å²) in [7, 11) is 0. The summed E-state index contributed by atoms with van der Waals surface area (Å²) in [5, 5.41) is 11.3. The van der Waals surface area contributed by atoms with Crippen LogP contribution in [0.2, 0.25) is 0 Å². The third-order valence-electron chi connectivity index (χ3n) is 2.84. The van der Waals surface area contributed by atoms with E-state index >= 15 is 0 Å². The Kier molecular flexibility index (Phi) is 7.10. The van der Waals surface area contributed by atoms with Gasteiger partial charge < -0.3 is 15.3 Å². The van der Waals surface area contributed by atoms with Crippen LogP contribution in [-0.2, 0) is 11.3 Å². The van der Waals surface area contributed by atoms with Crippen LogP contribution in [-0.4, -0.2) is 40.1 Å². The highest BCUT2D eigenvalue weighted by Gasteiger charge is 2.11. The minimum Gasteiger partial charge on any atom is -0.481 e. The van der Waals surface area contributed by atoms with Gasteiger partial charge in [0.25, 0.3) is 0 Å². The lowest BCUT2D eigenvalue weighted by molar-refractivity contribution is -0.137. The molecular formula is C14H21N3O3. The minimum absolute atomic E-state index is 0.140. The second kappa shape index (κ2) is 8.90. The standard InChI is InChI=1S/C14H21N3O3/c1-2-17(11-12-7-3-5-9-15-12)14(20)16-10-6-4-8-13(18)19/h3,5,7,9H,2,4,6,8,10-11H2,1H3,(H,16,20)(H,18,19). The van der Waals surface area contributed by atoms with Crippen LogP contribution in [0.15, 0.2) is 24.4 Å². The van der Waals surface area contributed by atoms with E-state index in [0.717, 1.165) is 5.69 Å². The number of carbonyl (C=O) groups excluding carboxylic acids is 1. The normalized spacial score (nSPS) is 10.1. The second-order valence-corrected chi connectivity index (χ2v) is 4.42. The van der Waals surface area contributed by atoms with Gasteiger partial charge >= 0.3 is 12.0 Å². The number of amides is 2. The maximum Gasteiger partial charge on any atom is 0.317 e. The molecule has 0 saturated carbocycles. The van der Waals surface area contributed by atoms with Crippen LogP contribution in [0.25, 0.3) is 0 Å². The van der Waals surface area contributed by atoms with E-state index in [4.69, 9.17) is 5.11 Å². The molecule has 0 radical (unpaired) electrons. The van der Waals surface area contributed by atoms with E-state index in [2.05, 4.69) is 10.3 Å². The van der Waals surface area contributed by atoms with Crippen LogP contribution in [0.1, 0.15) is 31.9 Å². The Morgan fingerprint density at radius 2 is 2.15 bits per heavy atom. The fourth-order valence-electron chi connectivity index (χ4n) is 1.72. The van der Waals surface area contributed by atoms with Gasteiger partial charge in [-0.3, -0.25) is 9.78 Å². The number of nitrogens with one attached hydrogen (secondary N) is 1. The summed E-state index contributed by atoms with van der Waals surface area (Å²) in [6, 6.07) is 5.46. The van der Waals surface area contributed by atoms with Crippen molar-refractivity contribution >= 4 is 12.0 Å². The first-order chi connectivity index (χ1) is 9.63. The average molecular weight is 279 g/mol. The summed E-state index contributed by atoms with van der Waals surface area (Å²) in [6.07, 6.45) is 3.08. The molecule has 6 nitrogen and oxygen atoms in total. The zero-order valence-corrected chi connectivity index (χ0v) is 11.7. The molecule has 110 valence electrons. The van der Waals surface area contributed by atoms with Crippen molar-refractivity contribution in [3.63, 3.8) is 0 Å². The van der Waals surface area contributed by atoms with Gasteiger partial charge in [0.15, 0.2) is 0 Å². The molecule has 0 atom stereocenters. The molecule has 0 saturated heterocycles. The first kappa shape index (κ1) is 15.9. The molecule has 1 aromatic heterocycles. The van der Waals surface area contributed by atoms with Crippen molar-refractivity contribution in [2.75, 3.05) is 13.1 Å². The zero-order chi connectivity index (χ0) is 14.8. The van der Waals surface area contributed by atoms with Crippen molar-refractivity contribution in [2.45, 2.75) is 32.7 Å². The van der Waals surface area contributed by atoms with Gasteiger partial charge in [0.1, 0.15) is 0 Å². The predicted molar refractivity (Wildman–Crippen MR) is 75.2 cm³/mol. The average Bonchev–Trinajstić information content (AvgIpc) is 2.45. The van der Waals surface area contributed by atoms with E-state index in [1.165, 1.54) is 0 Å². The molecule has 2 amide bonds. The fourth-order valence-corrected chi connectivity index (χ4v) is 1.72. The molecule has 1 aromatic rings. The highest BCUT2D eigenvalue weighted by Crippen LogP contribution is 2.01. The van der Waals surface area contributed by atoms with Crippen LogP contribution in [0.3, 0.4) is 0 Å². The van der Waals surface area contributed by atoms with Crippen molar-refractivity contribution in [1.29, 1.82) is 0 Å². The molecule has 0 bridgehead atoms. The molecule has 2 N–H and O–H groups in total. The predicted octanol–water partition coefficient (Wildman–Crippen LogP) is 1.87. The lowest BCUT2D eigenvalue weighted by Gasteiger charge is -2.21. The molecular weight excluding hydrogens is 258 g/mol. The maximum absolute atomic E-state index is 11.9. The Morgan fingerprint density at radius 3 is 2.75 bits per heavy atom. The first-order valence-electron chi connectivity index (χ1n) is 6.78. The van der Waals surface area contributed by atoms with E-state index < -0.39 is 5.97 Å². The second-order valence-electron chi connectivity index (χ2n) is 4.42. The minimum atomic E-state index is -0.804. The number of carboxylic acid groups (broad SMARTS) is 1. The molecule has 0 aromatic carbocycles. The first-order valence-corrected chi connectivity index (χ1v) is 6.78. The molecule has 0 spiro atoms. The number of hydrogen-bond acceptors (Lipinski definition) is 3. The number of carbonyl (C=O) groups is 2. The van der Waals surface area contributed by atoms with Crippen LogP contribution in [0.4, 0.5) is 4.79 Å². The Morgan fingerprint density at radius 1 is 1.35 bits per heavy atom. The number of carboxylic acids is 1. The summed E-state index contributed by atoms with van der Waals surface area (Å²) >= 11 is 0. The lowest BCUT2D eigenvalue weighted by Crippen LogP contribution is -2.39. The summed E-state index contributed by atoms with van der Waals surface area (Å²) in [5.41, 5.74) is 0.843. The van der Waals surface area contributed by atoms with Gasteiger partial charge in [-0.2, -0.15) is 0 Å². The Bertz CT molecular complexity index is 423. The number of unbranched alkanes of at least 4 members (excludes halogenated alkanes) is 1. The van der Waals surface area contributed by atoms with E-state index in [1.807, 2.05) is 25.1 Å². The van der Waals surface area contributed by atoms with E-state index in [0.29, 0.717) is 32.5 Å². The largest absolute Gasteiger partial charge is 0.481 e. The quantitative estimate of drug-likeness (QED) is 0.712. The molecule has 0 aliphatic carbocycles. The molecule has 1 heterocycles. The fraction of sp³-hybridized carbons (Fsp3) is 0.500.